The maximum absolute atomic E-state index is 11.8. The van der Waals surface area contributed by atoms with Crippen molar-refractivity contribution in [2.24, 2.45) is 0 Å². The van der Waals surface area contributed by atoms with E-state index in [1.54, 1.807) is 6.92 Å². The number of carboxylic acid groups (broad SMARTS) is 1. The largest absolute Gasteiger partial charge is 0.478 e. The summed E-state index contributed by atoms with van der Waals surface area (Å²) >= 11 is 0. The lowest BCUT2D eigenvalue weighted by atomic mass is 10.0. The maximum Gasteiger partial charge on any atom is 0.360 e. The van der Waals surface area contributed by atoms with Gasteiger partial charge in [0.25, 0.3) is 5.69 Å². The average Bonchev–Trinajstić information content (AvgIpc) is 2.95. The van der Waals surface area contributed by atoms with Gasteiger partial charge in [-0.1, -0.05) is 6.07 Å². The lowest BCUT2D eigenvalue weighted by Crippen LogP contribution is -2.09. The van der Waals surface area contributed by atoms with Crippen molar-refractivity contribution in [2.45, 2.75) is 6.92 Å². The molecule has 0 radical (unpaired) electrons. The molecule has 0 aliphatic heterocycles. The van der Waals surface area contributed by atoms with Crippen LogP contribution in [-0.2, 0) is 4.74 Å². The van der Waals surface area contributed by atoms with E-state index in [0.29, 0.717) is 0 Å². The van der Waals surface area contributed by atoms with E-state index in [1.165, 1.54) is 12.1 Å². The second-order valence-corrected chi connectivity index (χ2v) is 4.01. The minimum absolute atomic E-state index is 0.0633. The summed E-state index contributed by atoms with van der Waals surface area (Å²) in [5.41, 5.74) is -1.54. The molecule has 1 heterocycles. The first-order valence-corrected chi connectivity index (χ1v) is 6.09. The van der Waals surface area contributed by atoms with Gasteiger partial charge < -0.3 is 14.3 Å². The zero-order valence-corrected chi connectivity index (χ0v) is 11.3. The zero-order chi connectivity index (χ0) is 16.3. The van der Waals surface area contributed by atoms with Gasteiger partial charge >= 0.3 is 11.9 Å². The summed E-state index contributed by atoms with van der Waals surface area (Å²) in [6, 6.07) is 3.51. The van der Waals surface area contributed by atoms with Crippen molar-refractivity contribution in [1.82, 2.24) is 4.98 Å². The monoisotopic (exact) mass is 306 g/mol. The molecule has 0 spiro atoms. The Morgan fingerprint density at radius 1 is 1.45 bits per heavy atom. The summed E-state index contributed by atoms with van der Waals surface area (Å²) < 4.78 is 9.79. The predicted molar refractivity (Wildman–Crippen MR) is 71.5 cm³/mol. The molecule has 1 aromatic heterocycles. The van der Waals surface area contributed by atoms with Crippen LogP contribution in [0, 0.1) is 10.1 Å². The molecular weight excluding hydrogens is 296 g/mol. The van der Waals surface area contributed by atoms with Gasteiger partial charge in [-0.3, -0.25) is 10.1 Å². The van der Waals surface area contributed by atoms with E-state index in [0.717, 1.165) is 12.5 Å². The fourth-order valence-electron chi connectivity index (χ4n) is 1.88. The molecule has 0 unspecified atom stereocenters. The number of aromatic nitrogens is 1. The number of aromatic carboxylic acids is 1. The van der Waals surface area contributed by atoms with Gasteiger partial charge in [0, 0.05) is 6.07 Å². The quantitative estimate of drug-likeness (QED) is 0.504. The molecule has 0 saturated heterocycles. The second kappa shape index (κ2) is 6.04. The maximum atomic E-state index is 11.8. The third kappa shape index (κ3) is 2.64. The Morgan fingerprint density at radius 2 is 2.18 bits per heavy atom. The first kappa shape index (κ1) is 15.2. The third-order valence-electron chi connectivity index (χ3n) is 2.73. The first-order valence-electron chi connectivity index (χ1n) is 6.09. The fourth-order valence-corrected chi connectivity index (χ4v) is 1.88. The normalized spacial score (nSPS) is 10.2. The molecule has 0 bridgehead atoms. The topological polar surface area (TPSA) is 133 Å². The number of hydrogen-bond acceptors (Lipinski definition) is 7. The molecule has 9 heteroatoms. The fraction of sp³-hybridized carbons (Fsp3) is 0.154. The van der Waals surface area contributed by atoms with Crippen molar-refractivity contribution in [3.63, 3.8) is 0 Å². The Morgan fingerprint density at radius 3 is 2.77 bits per heavy atom. The van der Waals surface area contributed by atoms with E-state index < -0.39 is 22.5 Å². The highest BCUT2D eigenvalue weighted by atomic mass is 16.6. The Hall–Kier alpha value is -3.23. The number of hydrogen-bond donors (Lipinski definition) is 1. The molecule has 1 N–H and O–H groups in total. The van der Waals surface area contributed by atoms with E-state index >= 15 is 0 Å². The highest BCUT2D eigenvalue weighted by Crippen LogP contribution is 2.35. The molecule has 2 rings (SSSR count). The van der Waals surface area contributed by atoms with Crippen LogP contribution in [0.25, 0.3) is 11.3 Å². The first-order chi connectivity index (χ1) is 10.5. The smallest absolute Gasteiger partial charge is 0.360 e. The minimum atomic E-state index is -1.40. The van der Waals surface area contributed by atoms with Crippen LogP contribution in [0.1, 0.15) is 27.8 Å². The van der Waals surface area contributed by atoms with Crippen molar-refractivity contribution in [2.75, 3.05) is 6.61 Å². The zero-order valence-electron chi connectivity index (χ0n) is 11.3. The van der Waals surface area contributed by atoms with Crippen LogP contribution in [0.15, 0.2) is 29.0 Å². The summed E-state index contributed by atoms with van der Waals surface area (Å²) in [5, 5.41) is 20.3. The molecule has 0 aliphatic carbocycles. The van der Waals surface area contributed by atoms with Crippen molar-refractivity contribution in [1.29, 1.82) is 0 Å². The van der Waals surface area contributed by atoms with Crippen molar-refractivity contribution in [3.05, 3.63) is 46.0 Å². The number of nitro benzene ring substituents is 1. The number of benzene rings is 1. The van der Waals surface area contributed by atoms with Gasteiger partial charge in [0.2, 0.25) is 0 Å². The SMILES string of the molecule is CCOC(=O)c1ncoc1-c1c(C(=O)O)cccc1[N+](=O)[O-]. The van der Waals surface area contributed by atoms with Crippen LogP contribution in [0.5, 0.6) is 0 Å². The average molecular weight is 306 g/mol. The Kier molecular flexibility index (Phi) is 4.16. The van der Waals surface area contributed by atoms with Crippen LogP contribution in [0.4, 0.5) is 5.69 Å². The molecule has 0 atom stereocenters. The van der Waals surface area contributed by atoms with Gasteiger partial charge in [0.15, 0.2) is 17.8 Å². The molecule has 114 valence electrons. The lowest BCUT2D eigenvalue weighted by molar-refractivity contribution is -0.384. The number of nitro groups is 1. The molecule has 1 aromatic carbocycles. The van der Waals surface area contributed by atoms with Gasteiger partial charge in [-0.15, -0.1) is 0 Å². The van der Waals surface area contributed by atoms with Crippen LogP contribution in [0.3, 0.4) is 0 Å². The Labute approximate surface area is 123 Å². The summed E-state index contributed by atoms with van der Waals surface area (Å²) in [6.45, 7) is 1.64. The molecular formula is C13H10N2O7. The summed E-state index contributed by atoms with van der Waals surface area (Å²) in [5.74, 6) is -2.58. The molecule has 0 saturated carbocycles. The number of rotatable bonds is 5. The molecule has 0 amide bonds. The van der Waals surface area contributed by atoms with E-state index in [-0.39, 0.29) is 29.2 Å². The third-order valence-corrected chi connectivity index (χ3v) is 2.73. The lowest BCUT2D eigenvalue weighted by Gasteiger charge is -2.06. The number of oxazole rings is 1. The summed E-state index contributed by atoms with van der Waals surface area (Å²) in [7, 11) is 0. The highest BCUT2D eigenvalue weighted by molar-refractivity contribution is 6.02. The number of carbonyl (C=O) groups excluding carboxylic acids is 1. The molecule has 9 nitrogen and oxygen atoms in total. The number of ether oxygens (including phenoxy) is 1. The minimum Gasteiger partial charge on any atom is -0.478 e. The number of nitrogens with zero attached hydrogens (tertiary/aromatic N) is 2. The number of esters is 1. The summed E-state index contributed by atoms with van der Waals surface area (Å²) in [6.07, 6.45) is 0.893. The van der Waals surface area contributed by atoms with Crippen LogP contribution >= 0.6 is 0 Å². The van der Waals surface area contributed by atoms with E-state index in [2.05, 4.69) is 4.98 Å². The van der Waals surface area contributed by atoms with Crippen molar-refractivity contribution in [3.8, 4) is 11.3 Å². The Balaban J connectivity index is 2.72. The van der Waals surface area contributed by atoms with Gasteiger partial charge in [-0.25, -0.2) is 14.6 Å². The van der Waals surface area contributed by atoms with Gasteiger partial charge in [-0.05, 0) is 13.0 Å². The van der Waals surface area contributed by atoms with Gasteiger partial charge in [0.1, 0.15) is 5.56 Å². The highest BCUT2D eigenvalue weighted by Gasteiger charge is 2.30. The van der Waals surface area contributed by atoms with E-state index in [9.17, 15) is 24.8 Å². The molecule has 22 heavy (non-hydrogen) atoms. The summed E-state index contributed by atoms with van der Waals surface area (Å²) in [4.78, 5) is 37.1. The van der Waals surface area contributed by atoms with Crippen LogP contribution in [-0.4, -0.2) is 33.6 Å². The molecule has 2 aromatic rings. The molecule has 0 fully saturated rings. The standard InChI is InChI=1S/C13H10N2O7/c1-2-21-13(18)10-11(22-6-14-10)9-7(12(16)17)4-3-5-8(9)15(19)20/h3-6H,2H2,1H3,(H,16,17). The van der Waals surface area contributed by atoms with Gasteiger partial charge in [0.05, 0.1) is 17.1 Å². The van der Waals surface area contributed by atoms with Crippen molar-refractivity contribution >= 4 is 17.6 Å². The number of carboxylic acids is 1. The van der Waals surface area contributed by atoms with Crippen LogP contribution in [0.2, 0.25) is 0 Å². The van der Waals surface area contributed by atoms with E-state index in [4.69, 9.17) is 9.15 Å². The van der Waals surface area contributed by atoms with Gasteiger partial charge in [-0.2, -0.15) is 0 Å². The second-order valence-electron chi connectivity index (χ2n) is 4.01. The van der Waals surface area contributed by atoms with Crippen LogP contribution < -0.4 is 0 Å². The van der Waals surface area contributed by atoms with Crippen molar-refractivity contribution < 1.29 is 28.8 Å². The molecule has 0 aliphatic rings. The Bertz CT molecular complexity index is 718. The van der Waals surface area contributed by atoms with E-state index in [1.807, 2.05) is 0 Å². The number of carbonyl (C=O) groups is 2. The predicted octanol–water partition coefficient (Wildman–Crippen LogP) is 2.12.